The van der Waals surface area contributed by atoms with E-state index in [-0.39, 0.29) is 11.9 Å². The van der Waals surface area contributed by atoms with Gasteiger partial charge >= 0.3 is 17.9 Å². The Bertz CT molecular complexity index is 1130. The Balaban J connectivity index is 0.000000568. The zero-order chi connectivity index (χ0) is 26.8. The molecule has 1 atom stereocenters. The molecule has 2 aliphatic rings. The van der Waals surface area contributed by atoms with Crippen LogP contribution in [0.4, 0.5) is 0 Å². The van der Waals surface area contributed by atoms with Gasteiger partial charge in [0.15, 0.2) is 0 Å². The lowest BCUT2D eigenvalue weighted by Gasteiger charge is -2.29. The maximum Gasteiger partial charge on any atom is 0.414 e. The average Bonchev–Trinajstić information content (AvgIpc) is 3.16. The number of amides is 1. The minimum Gasteiger partial charge on any atom is -0.473 e. The molecule has 2 aromatic rings. The van der Waals surface area contributed by atoms with Crippen LogP contribution in [0.2, 0.25) is 0 Å². The predicted octanol–water partition coefficient (Wildman–Crippen LogP) is 3.82. The summed E-state index contributed by atoms with van der Waals surface area (Å²) < 4.78 is 5.71. The van der Waals surface area contributed by atoms with Crippen molar-refractivity contribution in [3.05, 3.63) is 77.4 Å². The van der Waals surface area contributed by atoms with Gasteiger partial charge in [0.25, 0.3) is 5.91 Å². The molecule has 2 N–H and O–H groups in total. The molecule has 2 heterocycles. The van der Waals surface area contributed by atoms with E-state index < -0.39 is 18.2 Å². The van der Waals surface area contributed by atoms with E-state index in [9.17, 15) is 9.59 Å². The summed E-state index contributed by atoms with van der Waals surface area (Å²) in [6.07, 6.45) is 4.68. The summed E-state index contributed by atoms with van der Waals surface area (Å²) in [4.78, 5) is 47.4. The standard InChI is InChI=1S/C26H30N2O3.C2H2O4/c1-2-9-24(29)31-26-23-13-7-6-12-22(23)25(30)28(26)17-8-16-27-18-14-21(15-19-27)20-10-4-3-5-11-20;3-1(4)2(5)6/h3-7,10-14,26H,2,8-9,15-19H2,1H3;(H,3,4)(H,5,6). The van der Waals surface area contributed by atoms with Crippen molar-refractivity contribution in [3.8, 4) is 0 Å². The molecule has 0 fully saturated rings. The predicted molar refractivity (Wildman–Crippen MR) is 137 cm³/mol. The Kier molecular flexibility index (Phi) is 9.97. The van der Waals surface area contributed by atoms with E-state index in [4.69, 9.17) is 24.5 Å². The lowest BCUT2D eigenvalue weighted by molar-refractivity contribution is -0.159. The number of carboxylic acid groups (broad SMARTS) is 2. The van der Waals surface area contributed by atoms with E-state index in [1.165, 1.54) is 11.1 Å². The highest BCUT2D eigenvalue weighted by Crippen LogP contribution is 2.35. The van der Waals surface area contributed by atoms with Gasteiger partial charge in [0.05, 0.1) is 0 Å². The number of carboxylic acids is 2. The normalized spacial score (nSPS) is 16.8. The Labute approximate surface area is 215 Å². The molecule has 0 aromatic heterocycles. The SMILES string of the molecule is CCCC(=O)OC1c2ccccc2C(=O)N1CCCN1CC=C(c2ccccc2)CC1.O=C(O)C(=O)O. The number of rotatable bonds is 8. The summed E-state index contributed by atoms with van der Waals surface area (Å²) in [6.45, 7) is 5.37. The molecule has 0 saturated heterocycles. The van der Waals surface area contributed by atoms with E-state index in [1.807, 2.05) is 37.3 Å². The van der Waals surface area contributed by atoms with Gasteiger partial charge in [-0.2, -0.15) is 0 Å². The molecule has 0 radical (unpaired) electrons. The van der Waals surface area contributed by atoms with Crippen molar-refractivity contribution in [2.75, 3.05) is 26.2 Å². The molecule has 196 valence electrons. The van der Waals surface area contributed by atoms with Crippen molar-refractivity contribution < 1.29 is 34.1 Å². The Morgan fingerprint density at radius 3 is 2.27 bits per heavy atom. The van der Waals surface area contributed by atoms with Crippen LogP contribution in [0.15, 0.2) is 60.7 Å². The maximum atomic E-state index is 12.9. The van der Waals surface area contributed by atoms with Crippen molar-refractivity contribution >= 4 is 29.4 Å². The first-order valence-electron chi connectivity index (χ1n) is 12.3. The van der Waals surface area contributed by atoms with Gasteiger partial charge in [-0.3, -0.25) is 19.4 Å². The molecule has 0 aliphatic carbocycles. The quantitative estimate of drug-likeness (QED) is 0.407. The molecule has 9 nitrogen and oxygen atoms in total. The van der Waals surface area contributed by atoms with Gasteiger partial charge in [0.2, 0.25) is 6.23 Å². The number of nitrogens with zero attached hydrogens (tertiary/aromatic N) is 2. The minimum atomic E-state index is -1.82. The van der Waals surface area contributed by atoms with Crippen molar-refractivity contribution in [1.82, 2.24) is 9.80 Å². The number of esters is 1. The summed E-state index contributed by atoms with van der Waals surface area (Å²) >= 11 is 0. The van der Waals surface area contributed by atoms with E-state index in [1.54, 1.807) is 4.90 Å². The molecule has 4 rings (SSSR count). The van der Waals surface area contributed by atoms with Crippen molar-refractivity contribution in [1.29, 1.82) is 0 Å². The fourth-order valence-electron chi connectivity index (χ4n) is 4.36. The molecule has 2 aromatic carbocycles. The number of fused-ring (bicyclic) bond motifs is 1. The van der Waals surface area contributed by atoms with Crippen LogP contribution < -0.4 is 0 Å². The first-order valence-corrected chi connectivity index (χ1v) is 12.3. The van der Waals surface area contributed by atoms with Gasteiger partial charge in [-0.25, -0.2) is 9.59 Å². The molecule has 0 saturated carbocycles. The fraction of sp³-hybridized carbons (Fsp3) is 0.357. The number of hydrogen-bond acceptors (Lipinski definition) is 6. The summed E-state index contributed by atoms with van der Waals surface area (Å²) in [5.41, 5.74) is 4.15. The number of carbonyl (C=O) groups is 4. The van der Waals surface area contributed by atoms with Gasteiger partial charge in [-0.15, -0.1) is 0 Å². The van der Waals surface area contributed by atoms with E-state index >= 15 is 0 Å². The Hall–Kier alpha value is -3.98. The second-order valence-corrected chi connectivity index (χ2v) is 8.79. The van der Waals surface area contributed by atoms with Crippen molar-refractivity contribution in [3.63, 3.8) is 0 Å². The Morgan fingerprint density at radius 2 is 1.65 bits per heavy atom. The molecule has 0 bridgehead atoms. The summed E-state index contributed by atoms with van der Waals surface area (Å²) in [5, 5.41) is 14.8. The molecule has 0 spiro atoms. The van der Waals surface area contributed by atoms with Crippen LogP contribution in [0.1, 0.15) is 60.3 Å². The second-order valence-electron chi connectivity index (χ2n) is 8.79. The van der Waals surface area contributed by atoms with Gasteiger partial charge in [-0.1, -0.05) is 61.5 Å². The zero-order valence-corrected chi connectivity index (χ0v) is 20.8. The van der Waals surface area contributed by atoms with Gasteiger partial charge in [-0.05, 0) is 36.5 Å². The highest BCUT2D eigenvalue weighted by molar-refractivity contribution is 6.27. The monoisotopic (exact) mass is 508 g/mol. The number of benzene rings is 2. The molecular formula is C28H32N2O7. The summed E-state index contributed by atoms with van der Waals surface area (Å²) in [5.74, 6) is -3.95. The second kappa shape index (κ2) is 13.4. The Morgan fingerprint density at radius 1 is 0.973 bits per heavy atom. The van der Waals surface area contributed by atoms with Gasteiger partial charge < -0.3 is 14.9 Å². The van der Waals surface area contributed by atoms with E-state index in [0.29, 0.717) is 18.5 Å². The van der Waals surface area contributed by atoms with Crippen LogP contribution in [0.5, 0.6) is 0 Å². The molecule has 1 amide bonds. The van der Waals surface area contributed by atoms with Crippen LogP contribution in [0, 0.1) is 0 Å². The molecule has 37 heavy (non-hydrogen) atoms. The van der Waals surface area contributed by atoms with Crippen LogP contribution in [-0.4, -0.2) is 70.0 Å². The number of ether oxygens (including phenoxy) is 1. The van der Waals surface area contributed by atoms with E-state index in [2.05, 4.69) is 35.2 Å². The van der Waals surface area contributed by atoms with E-state index in [0.717, 1.165) is 44.5 Å². The highest BCUT2D eigenvalue weighted by atomic mass is 16.6. The van der Waals surface area contributed by atoms with Crippen LogP contribution >= 0.6 is 0 Å². The number of aliphatic carboxylic acids is 2. The minimum absolute atomic E-state index is 0.0465. The van der Waals surface area contributed by atoms with Crippen molar-refractivity contribution in [2.24, 2.45) is 0 Å². The first-order chi connectivity index (χ1) is 17.8. The third-order valence-corrected chi connectivity index (χ3v) is 6.19. The summed E-state index contributed by atoms with van der Waals surface area (Å²) in [7, 11) is 0. The van der Waals surface area contributed by atoms with Crippen LogP contribution in [0.25, 0.3) is 5.57 Å². The molecule has 2 aliphatic heterocycles. The topological polar surface area (TPSA) is 124 Å². The molecule has 9 heteroatoms. The van der Waals surface area contributed by atoms with Gasteiger partial charge in [0, 0.05) is 43.7 Å². The fourth-order valence-corrected chi connectivity index (χ4v) is 4.36. The molecular weight excluding hydrogens is 476 g/mol. The molecule has 1 unspecified atom stereocenters. The first kappa shape index (κ1) is 27.6. The largest absolute Gasteiger partial charge is 0.473 e. The van der Waals surface area contributed by atoms with Crippen LogP contribution in [-0.2, 0) is 19.1 Å². The number of carbonyl (C=O) groups excluding carboxylic acids is 2. The summed E-state index contributed by atoms with van der Waals surface area (Å²) in [6, 6.07) is 18.0. The zero-order valence-electron chi connectivity index (χ0n) is 20.8. The van der Waals surface area contributed by atoms with Gasteiger partial charge in [0.1, 0.15) is 0 Å². The smallest absolute Gasteiger partial charge is 0.414 e. The third kappa shape index (κ3) is 7.50. The maximum absolute atomic E-state index is 12.9. The average molecular weight is 509 g/mol. The third-order valence-electron chi connectivity index (χ3n) is 6.19. The van der Waals surface area contributed by atoms with Crippen molar-refractivity contribution in [2.45, 2.75) is 38.8 Å². The number of hydrogen-bond donors (Lipinski definition) is 2. The van der Waals surface area contributed by atoms with Crippen LogP contribution in [0.3, 0.4) is 0 Å². The lowest BCUT2D eigenvalue weighted by Crippen LogP contribution is -2.35. The lowest BCUT2D eigenvalue weighted by atomic mass is 9.99. The highest BCUT2D eigenvalue weighted by Gasteiger charge is 2.38.